The van der Waals surface area contributed by atoms with E-state index in [1.807, 2.05) is 24.3 Å². The van der Waals surface area contributed by atoms with Crippen LogP contribution in [-0.2, 0) is 6.54 Å². The number of nitrogens with one attached hydrogen (secondary N) is 2. The van der Waals surface area contributed by atoms with Crippen molar-refractivity contribution in [2.45, 2.75) is 6.54 Å². The van der Waals surface area contributed by atoms with Crippen molar-refractivity contribution in [3.8, 4) is 0 Å². The second-order valence-electron chi connectivity index (χ2n) is 4.77. The summed E-state index contributed by atoms with van der Waals surface area (Å²) in [6.45, 7) is 0.751. The van der Waals surface area contributed by atoms with Gasteiger partial charge in [0.25, 0.3) is 5.91 Å². The summed E-state index contributed by atoms with van der Waals surface area (Å²) in [7, 11) is 1.64. The molecule has 0 unspecified atom stereocenters. The second kappa shape index (κ2) is 5.97. The van der Waals surface area contributed by atoms with Crippen molar-refractivity contribution in [3.05, 3.63) is 65.0 Å². The molecule has 4 heteroatoms. The predicted molar refractivity (Wildman–Crippen MR) is 89.0 cm³/mol. The molecule has 2 aromatic carbocycles. The topological polar surface area (TPSA) is 41.1 Å². The molecular weight excluding hydrogens is 280 g/mol. The van der Waals surface area contributed by atoms with E-state index in [0.29, 0.717) is 5.56 Å². The summed E-state index contributed by atoms with van der Waals surface area (Å²) < 4.78 is 1.30. The molecule has 1 amide bonds. The maximum absolute atomic E-state index is 11.6. The van der Waals surface area contributed by atoms with Gasteiger partial charge in [0, 0.05) is 29.5 Å². The third kappa shape index (κ3) is 2.90. The van der Waals surface area contributed by atoms with Crippen LogP contribution in [0.2, 0.25) is 0 Å². The fraction of sp³-hybridized carbons (Fsp3) is 0.118. The Morgan fingerprint density at radius 1 is 1.14 bits per heavy atom. The highest BCUT2D eigenvalue weighted by molar-refractivity contribution is 7.17. The molecule has 0 fully saturated rings. The number of hydrogen-bond donors (Lipinski definition) is 2. The molecule has 0 saturated carbocycles. The lowest BCUT2D eigenvalue weighted by Gasteiger charge is -2.07. The Morgan fingerprint density at radius 3 is 2.86 bits per heavy atom. The number of carbonyl (C=O) groups excluding carboxylic acids is 1. The first-order valence-electron chi connectivity index (χ1n) is 6.79. The van der Waals surface area contributed by atoms with Gasteiger partial charge in [-0.3, -0.25) is 4.79 Å². The number of hydrogen-bond acceptors (Lipinski definition) is 3. The molecule has 1 aromatic heterocycles. The van der Waals surface area contributed by atoms with E-state index < -0.39 is 0 Å². The molecule has 0 aliphatic heterocycles. The van der Waals surface area contributed by atoms with Gasteiger partial charge in [-0.1, -0.05) is 24.3 Å². The van der Waals surface area contributed by atoms with Crippen molar-refractivity contribution in [1.82, 2.24) is 5.32 Å². The van der Waals surface area contributed by atoms with Gasteiger partial charge in [-0.2, -0.15) is 0 Å². The Kier molecular flexibility index (Phi) is 3.88. The van der Waals surface area contributed by atoms with E-state index >= 15 is 0 Å². The molecule has 3 aromatic rings. The monoisotopic (exact) mass is 296 g/mol. The van der Waals surface area contributed by atoms with Gasteiger partial charge >= 0.3 is 0 Å². The fourth-order valence-electron chi connectivity index (χ4n) is 2.28. The molecular formula is C17H16N2OS. The first-order valence-corrected chi connectivity index (χ1v) is 7.67. The Morgan fingerprint density at radius 2 is 2.00 bits per heavy atom. The van der Waals surface area contributed by atoms with E-state index in [-0.39, 0.29) is 5.91 Å². The van der Waals surface area contributed by atoms with Crippen LogP contribution in [0.1, 0.15) is 15.9 Å². The summed E-state index contributed by atoms with van der Waals surface area (Å²) in [6.07, 6.45) is 0. The van der Waals surface area contributed by atoms with E-state index in [4.69, 9.17) is 0 Å². The molecule has 3 nitrogen and oxygen atoms in total. The quantitative estimate of drug-likeness (QED) is 0.767. The molecule has 21 heavy (non-hydrogen) atoms. The molecule has 0 spiro atoms. The fourth-order valence-corrected chi connectivity index (χ4v) is 3.24. The zero-order chi connectivity index (χ0) is 14.7. The van der Waals surface area contributed by atoms with Gasteiger partial charge in [-0.05, 0) is 40.6 Å². The summed E-state index contributed by atoms with van der Waals surface area (Å²) in [5.74, 6) is -0.0698. The predicted octanol–water partition coefficient (Wildman–Crippen LogP) is 3.87. The van der Waals surface area contributed by atoms with Crippen LogP contribution in [0.15, 0.2) is 53.9 Å². The number of benzene rings is 2. The van der Waals surface area contributed by atoms with Crippen molar-refractivity contribution in [2.75, 3.05) is 12.4 Å². The molecule has 0 atom stereocenters. The number of thiophene rings is 1. The van der Waals surface area contributed by atoms with E-state index in [2.05, 4.69) is 40.3 Å². The van der Waals surface area contributed by atoms with Crippen LogP contribution < -0.4 is 10.6 Å². The van der Waals surface area contributed by atoms with Crippen molar-refractivity contribution in [1.29, 1.82) is 0 Å². The van der Waals surface area contributed by atoms with Crippen molar-refractivity contribution < 1.29 is 4.79 Å². The van der Waals surface area contributed by atoms with Crippen LogP contribution in [0.4, 0.5) is 5.69 Å². The summed E-state index contributed by atoms with van der Waals surface area (Å²) in [5.41, 5.74) is 2.89. The van der Waals surface area contributed by atoms with Crippen molar-refractivity contribution in [3.63, 3.8) is 0 Å². The first kappa shape index (κ1) is 13.6. The normalized spacial score (nSPS) is 10.5. The third-order valence-electron chi connectivity index (χ3n) is 3.40. The zero-order valence-electron chi connectivity index (χ0n) is 11.7. The number of amides is 1. The smallest absolute Gasteiger partial charge is 0.251 e. The minimum Gasteiger partial charge on any atom is -0.381 e. The Hall–Kier alpha value is -2.33. The summed E-state index contributed by atoms with van der Waals surface area (Å²) in [6, 6.07) is 15.9. The SMILES string of the molecule is CNC(=O)c1cccc(NCc2csc3ccccc23)c1. The summed E-state index contributed by atoms with van der Waals surface area (Å²) >= 11 is 1.76. The largest absolute Gasteiger partial charge is 0.381 e. The van der Waals surface area contributed by atoms with Gasteiger partial charge < -0.3 is 10.6 Å². The lowest BCUT2D eigenvalue weighted by atomic mass is 10.1. The van der Waals surface area contributed by atoms with Gasteiger partial charge in [0.15, 0.2) is 0 Å². The minimum atomic E-state index is -0.0698. The third-order valence-corrected chi connectivity index (χ3v) is 4.41. The number of carbonyl (C=O) groups is 1. The van der Waals surface area contributed by atoms with Gasteiger partial charge in [0.05, 0.1) is 0 Å². The average molecular weight is 296 g/mol. The highest BCUT2D eigenvalue weighted by atomic mass is 32.1. The molecule has 106 valence electrons. The lowest BCUT2D eigenvalue weighted by Crippen LogP contribution is -2.17. The molecule has 0 aliphatic carbocycles. The van der Waals surface area contributed by atoms with Crippen molar-refractivity contribution in [2.24, 2.45) is 0 Å². The van der Waals surface area contributed by atoms with E-state index in [0.717, 1.165) is 12.2 Å². The molecule has 0 radical (unpaired) electrons. The highest BCUT2D eigenvalue weighted by Crippen LogP contribution is 2.26. The van der Waals surface area contributed by atoms with Crippen LogP contribution >= 0.6 is 11.3 Å². The highest BCUT2D eigenvalue weighted by Gasteiger charge is 2.05. The van der Waals surface area contributed by atoms with Gasteiger partial charge in [0.2, 0.25) is 0 Å². The standard InChI is InChI=1S/C17H16N2OS/c1-18-17(20)12-5-4-6-14(9-12)19-10-13-11-21-16-8-3-2-7-15(13)16/h2-9,11,19H,10H2,1H3,(H,18,20). The lowest BCUT2D eigenvalue weighted by molar-refractivity contribution is 0.0963. The summed E-state index contributed by atoms with van der Waals surface area (Å²) in [4.78, 5) is 11.6. The Bertz CT molecular complexity index is 779. The maximum Gasteiger partial charge on any atom is 0.251 e. The van der Waals surface area contributed by atoms with Crippen LogP contribution in [-0.4, -0.2) is 13.0 Å². The minimum absolute atomic E-state index is 0.0698. The van der Waals surface area contributed by atoms with Crippen LogP contribution in [0.5, 0.6) is 0 Å². The van der Waals surface area contributed by atoms with Gasteiger partial charge in [-0.15, -0.1) is 11.3 Å². The Balaban J connectivity index is 1.77. The van der Waals surface area contributed by atoms with E-state index in [1.54, 1.807) is 18.4 Å². The maximum atomic E-state index is 11.6. The Labute approximate surface area is 127 Å². The van der Waals surface area contributed by atoms with Gasteiger partial charge in [-0.25, -0.2) is 0 Å². The average Bonchev–Trinajstić information content (AvgIpc) is 2.95. The summed E-state index contributed by atoms with van der Waals surface area (Å²) in [5, 5.41) is 9.49. The molecule has 2 N–H and O–H groups in total. The molecule has 0 bridgehead atoms. The molecule has 3 rings (SSSR count). The van der Waals surface area contributed by atoms with Crippen molar-refractivity contribution >= 4 is 33.0 Å². The van der Waals surface area contributed by atoms with E-state index in [1.165, 1.54) is 15.6 Å². The second-order valence-corrected chi connectivity index (χ2v) is 5.68. The molecule has 0 saturated heterocycles. The number of fused-ring (bicyclic) bond motifs is 1. The van der Waals surface area contributed by atoms with Crippen LogP contribution in [0.25, 0.3) is 10.1 Å². The zero-order valence-corrected chi connectivity index (χ0v) is 12.5. The first-order chi connectivity index (χ1) is 10.3. The van der Waals surface area contributed by atoms with Crippen LogP contribution in [0.3, 0.4) is 0 Å². The molecule has 0 aliphatic rings. The van der Waals surface area contributed by atoms with E-state index in [9.17, 15) is 4.79 Å². The molecule has 1 heterocycles. The van der Waals surface area contributed by atoms with Crippen LogP contribution in [0, 0.1) is 0 Å². The number of rotatable bonds is 4. The number of anilines is 1. The van der Waals surface area contributed by atoms with Gasteiger partial charge in [0.1, 0.15) is 0 Å².